The lowest BCUT2D eigenvalue weighted by molar-refractivity contribution is -0.150. The molecule has 2 unspecified atom stereocenters. The Kier molecular flexibility index (Phi) is 10.7. The van der Waals surface area contributed by atoms with Crippen LogP contribution in [0.3, 0.4) is 0 Å². The van der Waals surface area contributed by atoms with E-state index in [4.69, 9.17) is 14.2 Å². The lowest BCUT2D eigenvalue weighted by Gasteiger charge is -2.28. The molecular weight excluding hydrogens is 258 g/mol. The Morgan fingerprint density at radius 3 is 2.55 bits per heavy atom. The SMILES string of the molecule is CCNC(C)(CCCCOC(C)COC)C(=O)OCC. The van der Waals surface area contributed by atoms with Crippen molar-refractivity contribution in [3.63, 3.8) is 0 Å². The second-order valence-corrected chi connectivity index (χ2v) is 5.18. The molecule has 5 nitrogen and oxygen atoms in total. The molecule has 0 saturated carbocycles. The van der Waals surface area contributed by atoms with E-state index in [1.807, 2.05) is 27.7 Å². The first-order chi connectivity index (χ1) is 9.50. The normalized spacial score (nSPS) is 15.7. The van der Waals surface area contributed by atoms with Crippen LogP contribution >= 0.6 is 0 Å². The molecule has 0 aromatic carbocycles. The minimum atomic E-state index is -0.594. The van der Waals surface area contributed by atoms with E-state index in [-0.39, 0.29) is 12.1 Å². The average molecular weight is 289 g/mol. The summed E-state index contributed by atoms with van der Waals surface area (Å²) in [5.74, 6) is -0.171. The number of unbranched alkanes of at least 4 members (excludes halogenated alkanes) is 1. The first kappa shape index (κ1) is 19.4. The molecule has 1 N–H and O–H groups in total. The Labute approximate surface area is 123 Å². The van der Waals surface area contributed by atoms with Crippen LogP contribution < -0.4 is 5.32 Å². The Balaban J connectivity index is 4.00. The van der Waals surface area contributed by atoms with Gasteiger partial charge < -0.3 is 19.5 Å². The highest BCUT2D eigenvalue weighted by Gasteiger charge is 2.32. The maximum Gasteiger partial charge on any atom is 0.326 e. The Morgan fingerprint density at radius 2 is 2.00 bits per heavy atom. The summed E-state index contributed by atoms with van der Waals surface area (Å²) < 4.78 is 15.8. The third-order valence-electron chi connectivity index (χ3n) is 3.17. The Morgan fingerprint density at radius 1 is 1.30 bits per heavy atom. The summed E-state index contributed by atoms with van der Waals surface area (Å²) in [7, 11) is 1.67. The standard InChI is InChI=1S/C15H31NO4/c1-6-16-15(4,14(17)19-7-2)10-8-9-11-20-13(3)12-18-5/h13,16H,6-12H2,1-5H3. The first-order valence-electron chi connectivity index (χ1n) is 7.53. The lowest BCUT2D eigenvalue weighted by atomic mass is 9.95. The van der Waals surface area contributed by atoms with E-state index in [2.05, 4.69) is 5.32 Å². The molecule has 5 heteroatoms. The summed E-state index contributed by atoms with van der Waals surface area (Å²) in [5.41, 5.74) is -0.594. The van der Waals surface area contributed by atoms with E-state index < -0.39 is 5.54 Å². The zero-order valence-corrected chi connectivity index (χ0v) is 13.7. The van der Waals surface area contributed by atoms with E-state index >= 15 is 0 Å². The van der Waals surface area contributed by atoms with Gasteiger partial charge in [-0.2, -0.15) is 0 Å². The molecule has 0 radical (unpaired) electrons. The fourth-order valence-corrected chi connectivity index (χ4v) is 2.09. The number of ether oxygens (including phenoxy) is 3. The number of methoxy groups -OCH3 is 1. The molecular formula is C15H31NO4. The molecule has 0 rings (SSSR count). The van der Waals surface area contributed by atoms with Gasteiger partial charge in [0.2, 0.25) is 0 Å². The second kappa shape index (κ2) is 11.1. The number of likely N-dealkylation sites (N-methyl/N-ethyl adjacent to an activating group) is 1. The van der Waals surface area contributed by atoms with Crippen LogP contribution in [0.2, 0.25) is 0 Å². The van der Waals surface area contributed by atoms with Crippen molar-refractivity contribution in [1.82, 2.24) is 5.32 Å². The zero-order chi connectivity index (χ0) is 15.4. The summed E-state index contributed by atoms with van der Waals surface area (Å²) in [6.45, 7) is 10.2. The third kappa shape index (κ3) is 7.82. The van der Waals surface area contributed by atoms with Crippen molar-refractivity contribution >= 4 is 5.97 Å². The van der Waals surface area contributed by atoms with E-state index in [1.165, 1.54) is 0 Å². The van der Waals surface area contributed by atoms with Crippen molar-refractivity contribution in [2.45, 2.75) is 58.6 Å². The van der Waals surface area contributed by atoms with Crippen LogP contribution in [0.4, 0.5) is 0 Å². The van der Waals surface area contributed by atoms with Gasteiger partial charge in [-0.3, -0.25) is 4.79 Å². The highest BCUT2D eigenvalue weighted by molar-refractivity contribution is 5.80. The van der Waals surface area contributed by atoms with E-state index in [0.717, 1.165) is 25.8 Å². The first-order valence-corrected chi connectivity index (χ1v) is 7.53. The topological polar surface area (TPSA) is 56.8 Å². The van der Waals surface area contributed by atoms with Crippen LogP contribution in [0, 0.1) is 0 Å². The number of carbonyl (C=O) groups excluding carboxylic acids is 1. The summed E-state index contributed by atoms with van der Waals surface area (Å²) in [5, 5.41) is 3.23. The molecule has 20 heavy (non-hydrogen) atoms. The smallest absolute Gasteiger partial charge is 0.326 e. The van der Waals surface area contributed by atoms with Crippen LogP contribution in [0.25, 0.3) is 0 Å². The zero-order valence-electron chi connectivity index (χ0n) is 13.7. The third-order valence-corrected chi connectivity index (χ3v) is 3.17. The van der Waals surface area contributed by atoms with Gasteiger partial charge in [0.25, 0.3) is 0 Å². The second-order valence-electron chi connectivity index (χ2n) is 5.18. The van der Waals surface area contributed by atoms with Crippen molar-refractivity contribution < 1.29 is 19.0 Å². The number of esters is 1. The summed E-state index contributed by atoms with van der Waals surface area (Å²) in [4.78, 5) is 12.0. The fraction of sp³-hybridized carbons (Fsp3) is 0.933. The van der Waals surface area contributed by atoms with E-state index in [1.54, 1.807) is 7.11 Å². The van der Waals surface area contributed by atoms with Gasteiger partial charge in [-0.25, -0.2) is 0 Å². The highest BCUT2D eigenvalue weighted by atomic mass is 16.5. The molecule has 0 saturated heterocycles. The predicted molar refractivity (Wildman–Crippen MR) is 79.9 cm³/mol. The van der Waals surface area contributed by atoms with Gasteiger partial charge in [0.15, 0.2) is 0 Å². The van der Waals surface area contributed by atoms with Crippen molar-refractivity contribution in [2.75, 3.05) is 33.5 Å². The van der Waals surface area contributed by atoms with Crippen molar-refractivity contribution in [3.05, 3.63) is 0 Å². The summed E-state index contributed by atoms with van der Waals surface area (Å²) in [6, 6.07) is 0. The quantitative estimate of drug-likeness (QED) is 0.440. The molecule has 0 fully saturated rings. The van der Waals surface area contributed by atoms with Gasteiger partial charge in [0.1, 0.15) is 5.54 Å². The minimum Gasteiger partial charge on any atom is -0.465 e. The van der Waals surface area contributed by atoms with Crippen molar-refractivity contribution in [3.8, 4) is 0 Å². The number of rotatable bonds is 12. The molecule has 0 bridgehead atoms. The monoisotopic (exact) mass is 289 g/mol. The number of hydrogen-bond acceptors (Lipinski definition) is 5. The molecule has 0 aliphatic carbocycles. The largest absolute Gasteiger partial charge is 0.465 e. The summed E-state index contributed by atoms with van der Waals surface area (Å²) >= 11 is 0. The Bertz CT molecular complexity index is 260. The molecule has 0 aromatic heterocycles. The highest BCUT2D eigenvalue weighted by Crippen LogP contribution is 2.16. The molecule has 0 aliphatic rings. The maximum atomic E-state index is 12.0. The lowest BCUT2D eigenvalue weighted by Crippen LogP contribution is -2.50. The van der Waals surface area contributed by atoms with Crippen molar-refractivity contribution in [2.24, 2.45) is 0 Å². The molecule has 0 heterocycles. The Hall–Kier alpha value is -0.650. The van der Waals surface area contributed by atoms with E-state index in [9.17, 15) is 4.79 Å². The number of carbonyl (C=O) groups is 1. The van der Waals surface area contributed by atoms with Gasteiger partial charge in [-0.05, 0) is 46.6 Å². The van der Waals surface area contributed by atoms with Crippen LogP contribution in [0.1, 0.15) is 47.0 Å². The number of nitrogens with one attached hydrogen (secondary N) is 1. The average Bonchev–Trinajstić information content (AvgIpc) is 2.39. The van der Waals surface area contributed by atoms with Gasteiger partial charge in [0, 0.05) is 13.7 Å². The van der Waals surface area contributed by atoms with Crippen LogP contribution in [-0.2, 0) is 19.0 Å². The van der Waals surface area contributed by atoms with Crippen LogP contribution in [0.15, 0.2) is 0 Å². The van der Waals surface area contributed by atoms with Crippen molar-refractivity contribution in [1.29, 1.82) is 0 Å². The van der Waals surface area contributed by atoms with Crippen LogP contribution in [0.5, 0.6) is 0 Å². The van der Waals surface area contributed by atoms with Gasteiger partial charge in [-0.15, -0.1) is 0 Å². The maximum absolute atomic E-state index is 12.0. The summed E-state index contributed by atoms with van der Waals surface area (Å²) in [6.07, 6.45) is 2.71. The van der Waals surface area contributed by atoms with Gasteiger partial charge in [-0.1, -0.05) is 6.92 Å². The van der Waals surface area contributed by atoms with Gasteiger partial charge >= 0.3 is 5.97 Å². The molecule has 0 aliphatic heterocycles. The molecule has 120 valence electrons. The number of hydrogen-bond donors (Lipinski definition) is 1. The fourth-order valence-electron chi connectivity index (χ4n) is 2.09. The van der Waals surface area contributed by atoms with Crippen LogP contribution in [-0.4, -0.2) is 51.1 Å². The molecule has 0 amide bonds. The van der Waals surface area contributed by atoms with E-state index in [0.29, 0.717) is 19.8 Å². The molecule has 0 spiro atoms. The minimum absolute atomic E-state index is 0.116. The van der Waals surface area contributed by atoms with Gasteiger partial charge in [0.05, 0.1) is 19.3 Å². The molecule has 2 atom stereocenters. The predicted octanol–water partition coefficient (Wildman–Crippen LogP) is 2.14. The molecule has 0 aromatic rings.